The second-order valence-electron chi connectivity index (χ2n) is 5.04. The van der Waals surface area contributed by atoms with E-state index in [1.807, 2.05) is 35.3 Å². The molecule has 0 saturated heterocycles. The molecule has 0 spiro atoms. The van der Waals surface area contributed by atoms with Gasteiger partial charge in [0.1, 0.15) is 0 Å². The molecule has 0 aliphatic rings. The number of fused-ring (bicyclic) bond motifs is 1. The molecular formula is C16H19N5. The van der Waals surface area contributed by atoms with Gasteiger partial charge in [0, 0.05) is 24.3 Å². The van der Waals surface area contributed by atoms with Crippen molar-refractivity contribution in [2.75, 3.05) is 0 Å². The van der Waals surface area contributed by atoms with Crippen molar-refractivity contribution in [3.63, 3.8) is 0 Å². The van der Waals surface area contributed by atoms with Crippen LogP contribution in [0.2, 0.25) is 0 Å². The molecule has 0 saturated carbocycles. The summed E-state index contributed by atoms with van der Waals surface area (Å²) < 4.78 is 1.92. The molecule has 3 N–H and O–H groups in total. The summed E-state index contributed by atoms with van der Waals surface area (Å²) >= 11 is 0. The van der Waals surface area contributed by atoms with E-state index in [1.165, 1.54) is 5.39 Å². The first-order valence-electron chi connectivity index (χ1n) is 7.13. The van der Waals surface area contributed by atoms with Crippen molar-refractivity contribution in [1.29, 1.82) is 0 Å². The standard InChI is InChI=1S/C16H19N5/c1-2-21-11-12(10-19-21)9-15(20-17)16-14-6-4-3-5-13(14)7-8-18-16/h3-8,10-11,15,20H,2,9,17H2,1H3. The quantitative estimate of drug-likeness (QED) is 0.555. The van der Waals surface area contributed by atoms with Crippen molar-refractivity contribution >= 4 is 10.8 Å². The lowest BCUT2D eigenvalue weighted by molar-refractivity contribution is 0.542. The van der Waals surface area contributed by atoms with Crippen LogP contribution in [0.3, 0.4) is 0 Å². The average molecular weight is 281 g/mol. The minimum Gasteiger partial charge on any atom is -0.273 e. The lowest BCUT2D eigenvalue weighted by atomic mass is 10.0. The molecule has 0 amide bonds. The Hall–Kier alpha value is -2.24. The topological polar surface area (TPSA) is 68.8 Å². The van der Waals surface area contributed by atoms with Crippen LogP contribution in [-0.4, -0.2) is 14.8 Å². The second kappa shape index (κ2) is 6.03. The number of pyridine rings is 1. The molecule has 21 heavy (non-hydrogen) atoms. The number of benzene rings is 1. The zero-order chi connectivity index (χ0) is 14.7. The number of nitrogens with two attached hydrogens (primary N) is 1. The Bertz CT molecular complexity index is 729. The van der Waals surface area contributed by atoms with Crippen LogP contribution >= 0.6 is 0 Å². The van der Waals surface area contributed by atoms with Crippen LogP contribution in [0.25, 0.3) is 10.8 Å². The van der Waals surface area contributed by atoms with Crippen molar-refractivity contribution in [3.8, 4) is 0 Å². The molecular weight excluding hydrogens is 262 g/mol. The van der Waals surface area contributed by atoms with Crippen molar-refractivity contribution in [3.05, 3.63) is 60.2 Å². The summed E-state index contributed by atoms with van der Waals surface area (Å²) in [6.07, 6.45) is 6.53. The van der Waals surface area contributed by atoms with Crippen LogP contribution in [0, 0.1) is 0 Å². The van der Waals surface area contributed by atoms with E-state index in [-0.39, 0.29) is 6.04 Å². The van der Waals surface area contributed by atoms with E-state index in [0.717, 1.165) is 29.6 Å². The molecule has 2 aromatic heterocycles. The molecule has 2 heterocycles. The number of aromatic nitrogens is 3. The molecule has 1 aromatic carbocycles. The molecule has 5 heteroatoms. The van der Waals surface area contributed by atoms with Crippen LogP contribution in [0.5, 0.6) is 0 Å². The third-order valence-electron chi connectivity index (χ3n) is 3.69. The van der Waals surface area contributed by atoms with Gasteiger partial charge >= 0.3 is 0 Å². The number of nitrogens with zero attached hydrogens (tertiary/aromatic N) is 3. The highest BCUT2D eigenvalue weighted by Crippen LogP contribution is 2.24. The minimum atomic E-state index is -0.0365. The van der Waals surface area contributed by atoms with Gasteiger partial charge in [-0.05, 0) is 30.4 Å². The van der Waals surface area contributed by atoms with Crippen molar-refractivity contribution in [2.45, 2.75) is 25.9 Å². The molecule has 0 bridgehead atoms. The second-order valence-corrected chi connectivity index (χ2v) is 5.04. The van der Waals surface area contributed by atoms with Crippen LogP contribution in [0.1, 0.15) is 24.2 Å². The van der Waals surface area contributed by atoms with Gasteiger partial charge in [0.15, 0.2) is 0 Å². The van der Waals surface area contributed by atoms with Gasteiger partial charge in [-0.15, -0.1) is 0 Å². The van der Waals surface area contributed by atoms with Crippen LogP contribution in [0.4, 0.5) is 0 Å². The van der Waals surface area contributed by atoms with Crippen LogP contribution in [0.15, 0.2) is 48.9 Å². The number of hydrazine groups is 1. The Morgan fingerprint density at radius 3 is 2.90 bits per heavy atom. The summed E-state index contributed by atoms with van der Waals surface area (Å²) in [4.78, 5) is 4.53. The SMILES string of the molecule is CCn1cc(CC(NN)c2nccc3ccccc23)cn1. The Balaban J connectivity index is 1.94. The van der Waals surface area contributed by atoms with Gasteiger partial charge in [-0.2, -0.15) is 5.10 Å². The molecule has 3 rings (SSSR count). The summed E-state index contributed by atoms with van der Waals surface area (Å²) in [6, 6.07) is 10.2. The Labute approximate surface area is 123 Å². The van der Waals surface area contributed by atoms with E-state index < -0.39 is 0 Å². The van der Waals surface area contributed by atoms with Crippen LogP contribution < -0.4 is 11.3 Å². The third kappa shape index (κ3) is 2.79. The normalized spacial score (nSPS) is 12.7. The third-order valence-corrected chi connectivity index (χ3v) is 3.69. The molecule has 1 atom stereocenters. The first kappa shape index (κ1) is 13.7. The van der Waals surface area contributed by atoms with Gasteiger partial charge < -0.3 is 0 Å². The van der Waals surface area contributed by atoms with Gasteiger partial charge in [-0.1, -0.05) is 24.3 Å². The summed E-state index contributed by atoms with van der Waals surface area (Å²) in [5.74, 6) is 5.77. The molecule has 0 radical (unpaired) electrons. The van der Waals surface area contributed by atoms with E-state index >= 15 is 0 Å². The molecule has 1 unspecified atom stereocenters. The highest BCUT2D eigenvalue weighted by Gasteiger charge is 2.15. The van der Waals surface area contributed by atoms with Gasteiger partial charge in [0.05, 0.1) is 17.9 Å². The molecule has 0 aliphatic heterocycles. The first-order valence-corrected chi connectivity index (χ1v) is 7.13. The Kier molecular flexibility index (Phi) is 3.94. The largest absolute Gasteiger partial charge is 0.273 e. The van der Waals surface area contributed by atoms with Gasteiger partial charge in [-0.25, -0.2) is 0 Å². The summed E-state index contributed by atoms with van der Waals surface area (Å²) in [5, 5.41) is 6.61. The number of nitrogens with one attached hydrogen (secondary N) is 1. The summed E-state index contributed by atoms with van der Waals surface area (Å²) in [7, 11) is 0. The lowest BCUT2D eigenvalue weighted by Gasteiger charge is -2.16. The maximum absolute atomic E-state index is 5.77. The lowest BCUT2D eigenvalue weighted by Crippen LogP contribution is -2.30. The highest BCUT2D eigenvalue weighted by molar-refractivity contribution is 5.84. The zero-order valence-corrected chi connectivity index (χ0v) is 12.0. The maximum Gasteiger partial charge on any atom is 0.0679 e. The van der Waals surface area contributed by atoms with Gasteiger partial charge in [0.2, 0.25) is 0 Å². The fraction of sp³-hybridized carbons (Fsp3) is 0.250. The summed E-state index contributed by atoms with van der Waals surface area (Å²) in [6.45, 7) is 2.94. The molecule has 3 aromatic rings. The fourth-order valence-corrected chi connectivity index (χ4v) is 2.58. The fourth-order valence-electron chi connectivity index (χ4n) is 2.58. The molecule has 0 fully saturated rings. The van der Waals surface area contributed by atoms with Crippen molar-refractivity contribution in [1.82, 2.24) is 20.2 Å². The van der Waals surface area contributed by atoms with Gasteiger partial charge in [-0.3, -0.25) is 20.9 Å². The van der Waals surface area contributed by atoms with E-state index in [9.17, 15) is 0 Å². The monoisotopic (exact) mass is 281 g/mol. The predicted molar refractivity (Wildman–Crippen MR) is 83.4 cm³/mol. The zero-order valence-electron chi connectivity index (χ0n) is 12.0. The Morgan fingerprint density at radius 1 is 1.29 bits per heavy atom. The van der Waals surface area contributed by atoms with E-state index in [1.54, 1.807) is 0 Å². The highest BCUT2D eigenvalue weighted by atomic mass is 15.3. The van der Waals surface area contributed by atoms with Crippen molar-refractivity contribution in [2.24, 2.45) is 5.84 Å². The van der Waals surface area contributed by atoms with E-state index in [0.29, 0.717) is 0 Å². The Morgan fingerprint density at radius 2 is 2.14 bits per heavy atom. The van der Waals surface area contributed by atoms with Gasteiger partial charge in [0.25, 0.3) is 0 Å². The average Bonchev–Trinajstić information content (AvgIpc) is 3.00. The smallest absolute Gasteiger partial charge is 0.0679 e. The number of hydrogen-bond donors (Lipinski definition) is 2. The molecule has 108 valence electrons. The van der Waals surface area contributed by atoms with Crippen molar-refractivity contribution < 1.29 is 0 Å². The van der Waals surface area contributed by atoms with E-state index in [2.05, 4.69) is 40.8 Å². The number of hydrogen-bond acceptors (Lipinski definition) is 4. The molecule has 5 nitrogen and oxygen atoms in total. The van der Waals surface area contributed by atoms with E-state index in [4.69, 9.17) is 5.84 Å². The number of rotatable bonds is 5. The van der Waals surface area contributed by atoms with Crippen LogP contribution in [-0.2, 0) is 13.0 Å². The first-order chi connectivity index (χ1) is 10.3. The molecule has 0 aliphatic carbocycles. The number of aryl methyl sites for hydroxylation is 1. The maximum atomic E-state index is 5.77. The minimum absolute atomic E-state index is 0.0365. The predicted octanol–water partition coefficient (Wildman–Crippen LogP) is 2.20. The summed E-state index contributed by atoms with van der Waals surface area (Å²) in [5.41, 5.74) is 5.01.